The Hall–Kier alpha value is -3.41. The van der Waals surface area contributed by atoms with E-state index in [-0.39, 0.29) is 5.92 Å². The maximum atomic E-state index is 6.25. The summed E-state index contributed by atoms with van der Waals surface area (Å²) in [6.07, 6.45) is 6.91. The fraction of sp³-hybridized carbons (Fsp3) is 0.320. The van der Waals surface area contributed by atoms with Gasteiger partial charge in [0.05, 0.1) is 26.3 Å². The van der Waals surface area contributed by atoms with Gasteiger partial charge in [-0.1, -0.05) is 13.8 Å². The van der Waals surface area contributed by atoms with Gasteiger partial charge in [0.2, 0.25) is 5.88 Å². The summed E-state index contributed by atoms with van der Waals surface area (Å²) < 4.78 is 17.2. The summed E-state index contributed by atoms with van der Waals surface area (Å²) in [6, 6.07) is 10.3. The predicted octanol–water partition coefficient (Wildman–Crippen LogP) is 5.33. The van der Waals surface area contributed by atoms with Crippen molar-refractivity contribution < 1.29 is 14.2 Å². The molecule has 4 rings (SSSR count). The summed E-state index contributed by atoms with van der Waals surface area (Å²) >= 11 is 0. The number of methoxy groups -OCH3 is 2. The minimum absolute atomic E-state index is 0.275. The second-order valence-corrected chi connectivity index (χ2v) is 7.55. The molecule has 6 heteroatoms. The molecule has 4 aromatic rings. The molecule has 1 unspecified atom stereocenters. The van der Waals surface area contributed by atoms with Gasteiger partial charge in [0, 0.05) is 29.4 Å². The standard InChI is InChI=1S/C25H27N3O3/c1-5-17-12-20-19(6-8-28-25(20)30-4)22(13-17)31-11-7-16(2)18-14-21-24(23(15-18)29-3)27-10-9-26-21/h6,8-10,12-16H,5,7,11H2,1-4H3. The lowest BCUT2D eigenvalue weighted by molar-refractivity contribution is 0.303. The van der Waals surface area contributed by atoms with Crippen molar-refractivity contribution in [1.82, 2.24) is 15.0 Å². The third-order valence-corrected chi connectivity index (χ3v) is 5.63. The van der Waals surface area contributed by atoms with Crippen molar-refractivity contribution >= 4 is 21.8 Å². The molecular weight excluding hydrogens is 390 g/mol. The van der Waals surface area contributed by atoms with Gasteiger partial charge in [-0.05, 0) is 60.2 Å². The Morgan fingerprint density at radius 2 is 1.71 bits per heavy atom. The second-order valence-electron chi connectivity index (χ2n) is 7.55. The molecular formula is C25H27N3O3. The summed E-state index contributed by atoms with van der Waals surface area (Å²) in [6.45, 7) is 4.91. The van der Waals surface area contributed by atoms with E-state index in [4.69, 9.17) is 14.2 Å². The highest BCUT2D eigenvalue weighted by molar-refractivity contribution is 5.92. The van der Waals surface area contributed by atoms with Crippen LogP contribution in [0.2, 0.25) is 0 Å². The van der Waals surface area contributed by atoms with Crippen LogP contribution in [-0.4, -0.2) is 35.8 Å². The number of aromatic nitrogens is 3. The average Bonchev–Trinajstić information content (AvgIpc) is 2.82. The third-order valence-electron chi connectivity index (χ3n) is 5.63. The molecule has 2 aromatic heterocycles. The normalized spacial score (nSPS) is 12.1. The Kier molecular flexibility index (Phi) is 6.16. The Balaban J connectivity index is 1.54. The second kappa shape index (κ2) is 9.16. The number of ether oxygens (including phenoxy) is 3. The molecule has 0 radical (unpaired) electrons. The molecule has 0 amide bonds. The topological polar surface area (TPSA) is 66.4 Å². The minimum Gasteiger partial charge on any atom is -0.494 e. The van der Waals surface area contributed by atoms with E-state index in [1.54, 1.807) is 32.8 Å². The lowest BCUT2D eigenvalue weighted by Crippen LogP contribution is -2.05. The van der Waals surface area contributed by atoms with Gasteiger partial charge in [-0.25, -0.2) is 9.97 Å². The van der Waals surface area contributed by atoms with Crippen LogP contribution in [0.15, 0.2) is 48.9 Å². The quantitative estimate of drug-likeness (QED) is 0.386. The molecule has 0 aliphatic rings. The van der Waals surface area contributed by atoms with E-state index in [0.717, 1.165) is 51.7 Å². The number of rotatable bonds is 8. The van der Waals surface area contributed by atoms with Gasteiger partial charge >= 0.3 is 0 Å². The van der Waals surface area contributed by atoms with Gasteiger partial charge in [-0.15, -0.1) is 0 Å². The van der Waals surface area contributed by atoms with Gasteiger partial charge in [0.25, 0.3) is 0 Å². The smallest absolute Gasteiger partial charge is 0.221 e. The molecule has 0 N–H and O–H groups in total. The summed E-state index contributed by atoms with van der Waals surface area (Å²) in [5.74, 6) is 2.51. The Morgan fingerprint density at radius 3 is 2.48 bits per heavy atom. The molecule has 0 aliphatic carbocycles. The van der Waals surface area contributed by atoms with Crippen molar-refractivity contribution in [3.05, 3.63) is 60.0 Å². The zero-order chi connectivity index (χ0) is 21.8. The van der Waals surface area contributed by atoms with Gasteiger partial charge in [0.1, 0.15) is 17.0 Å². The number of fused-ring (bicyclic) bond motifs is 2. The number of hydrogen-bond donors (Lipinski definition) is 0. The number of pyridine rings is 1. The van der Waals surface area contributed by atoms with Crippen molar-refractivity contribution in [2.45, 2.75) is 32.6 Å². The molecule has 0 fully saturated rings. The van der Waals surface area contributed by atoms with Gasteiger partial charge < -0.3 is 14.2 Å². The average molecular weight is 418 g/mol. The SMILES string of the molecule is CCc1cc(OCCC(C)c2cc(OC)c3nccnc3c2)c2ccnc(OC)c2c1. The maximum absolute atomic E-state index is 6.25. The van der Waals surface area contributed by atoms with Gasteiger partial charge in [0.15, 0.2) is 0 Å². The van der Waals surface area contributed by atoms with Crippen LogP contribution in [0.25, 0.3) is 21.8 Å². The largest absolute Gasteiger partial charge is 0.494 e. The summed E-state index contributed by atoms with van der Waals surface area (Å²) in [7, 11) is 3.31. The first-order chi connectivity index (χ1) is 15.1. The van der Waals surface area contributed by atoms with E-state index in [9.17, 15) is 0 Å². The predicted molar refractivity (Wildman–Crippen MR) is 122 cm³/mol. The Bertz CT molecular complexity index is 1210. The zero-order valence-corrected chi connectivity index (χ0v) is 18.4. The van der Waals surface area contributed by atoms with E-state index in [0.29, 0.717) is 12.5 Å². The number of nitrogens with zero attached hydrogens (tertiary/aromatic N) is 3. The first kappa shape index (κ1) is 20.8. The van der Waals surface area contributed by atoms with E-state index in [1.165, 1.54) is 5.56 Å². The van der Waals surface area contributed by atoms with Crippen LogP contribution in [0.1, 0.15) is 37.3 Å². The van der Waals surface area contributed by atoms with Crippen molar-refractivity contribution in [2.24, 2.45) is 0 Å². The lowest BCUT2D eigenvalue weighted by Gasteiger charge is -2.16. The molecule has 0 spiro atoms. The molecule has 0 saturated carbocycles. The van der Waals surface area contributed by atoms with Crippen molar-refractivity contribution in [2.75, 3.05) is 20.8 Å². The molecule has 31 heavy (non-hydrogen) atoms. The molecule has 6 nitrogen and oxygen atoms in total. The zero-order valence-electron chi connectivity index (χ0n) is 18.4. The van der Waals surface area contributed by atoms with Crippen LogP contribution in [0, 0.1) is 0 Å². The maximum Gasteiger partial charge on any atom is 0.221 e. The van der Waals surface area contributed by atoms with Crippen LogP contribution >= 0.6 is 0 Å². The summed E-state index contributed by atoms with van der Waals surface area (Å²) in [4.78, 5) is 13.2. The highest BCUT2D eigenvalue weighted by Crippen LogP contribution is 2.34. The number of benzene rings is 2. The first-order valence-electron chi connectivity index (χ1n) is 10.5. The highest BCUT2D eigenvalue weighted by atomic mass is 16.5. The van der Waals surface area contributed by atoms with Crippen molar-refractivity contribution in [3.8, 4) is 17.4 Å². The molecule has 160 valence electrons. The fourth-order valence-electron chi connectivity index (χ4n) is 3.78. The van der Waals surface area contributed by atoms with Crippen molar-refractivity contribution in [3.63, 3.8) is 0 Å². The minimum atomic E-state index is 0.275. The van der Waals surface area contributed by atoms with Crippen molar-refractivity contribution in [1.29, 1.82) is 0 Å². The number of hydrogen-bond acceptors (Lipinski definition) is 6. The summed E-state index contributed by atoms with van der Waals surface area (Å²) in [5, 5.41) is 1.99. The van der Waals surface area contributed by atoms with Gasteiger partial charge in [-0.3, -0.25) is 4.98 Å². The van der Waals surface area contributed by atoms with Crippen LogP contribution in [0.3, 0.4) is 0 Å². The Labute approximate surface area is 182 Å². The Morgan fingerprint density at radius 1 is 0.871 bits per heavy atom. The molecule has 0 aliphatic heterocycles. The van der Waals surface area contributed by atoms with Crippen LogP contribution < -0.4 is 14.2 Å². The molecule has 0 bridgehead atoms. The molecule has 1 atom stereocenters. The van der Waals surface area contributed by atoms with Crippen LogP contribution in [0.5, 0.6) is 17.4 Å². The number of aryl methyl sites for hydroxylation is 1. The molecule has 2 heterocycles. The summed E-state index contributed by atoms with van der Waals surface area (Å²) in [5.41, 5.74) is 3.97. The first-order valence-corrected chi connectivity index (χ1v) is 10.5. The third kappa shape index (κ3) is 4.24. The van der Waals surface area contributed by atoms with Crippen LogP contribution in [0.4, 0.5) is 0 Å². The van der Waals surface area contributed by atoms with E-state index >= 15 is 0 Å². The fourth-order valence-corrected chi connectivity index (χ4v) is 3.78. The van der Waals surface area contributed by atoms with E-state index < -0.39 is 0 Å². The van der Waals surface area contributed by atoms with Gasteiger partial charge in [-0.2, -0.15) is 0 Å². The monoisotopic (exact) mass is 417 g/mol. The van der Waals surface area contributed by atoms with Crippen LogP contribution in [-0.2, 0) is 6.42 Å². The molecule has 2 aromatic carbocycles. The highest BCUT2D eigenvalue weighted by Gasteiger charge is 2.14. The van der Waals surface area contributed by atoms with E-state index in [1.807, 2.05) is 12.1 Å². The molecule has 0 saturated heterocycles. The lowest BCUT2D eigenvalue weighted by atomic mass is 9.97. The van der Waals surface area contributed by atoms with E-state index in [2.05, 4.69) is 47.0 Å².